The van der Waals surface area contributed by atoms with Crippen LogP contribution in [0.1, 0.15) is 25.3 Å². The summed E-state index contributed by atoms with van der Waals surface area (Å²) < 4.78 is 2.14. The lowest BCUT2D eigenvalue weighted by Gasteiger charge is -2.13. The molecule has 0 bridgehead atoms. The molecule has 5 heteroatoms. The van der Waals surface area contributed by atoms with Crippen molar-refractivity contribution >= 4 is 28.7 Å². The summed E-state index contributed by atoms with van der Waals surface area (Å²) in [6.45, 7) is 4.02. The summed E-state index contributed by atoms with van der Waals surface area (Å²) in [5, 5.41) is 3.75. The van der Waals surface area contributed by atoms with Gasteiger partial charge in [0, 0.05) is 11.7 Å². The van der Waals surface area contributed by atoms with E-state index in [4.69, 9.17) is 4.98 Å². The number of para-hydroxylation sites is 2. The standard InChI is InChI=1S/C20H21N3OS/c1-13-7-11-16(12-8-13)23-18-6-4-3-5-17(18)22-20(23)25-14(2)19(24)21-15-9-10-15/h3-8,11-12,14-15H,9-10H2,1-2H3,(H,21,24)/t14-/m1/s1. The number of benzene rings is 2. The van der Waals surface area contributed by atoms with Crippen molar-refractivity contribution in [3.05, 3.63) is 54.1 Å². The van der Waals surface area contributed by atoms with E-state index in [1.165, 1.54) is 17.3 Å². The Kier molecular flexibility index (Phi) is 4.25. The maximum Gasteiger partial charge on any atom is 0.233 e. The fraction of sp³-hybridized carbons (Fsp3) is 0.300. The summed E-state index contributed by atoms with van der Waals surface area (Å²) in [5.74, 6) is 0.0926. The molecule has 4 rings (SSSR count). The van der Waals surface area contributed by atoms with Gasteiger partial charge in [0.15, 0.2) is 5.16 Å². The molecule has 1 amide bonds. The van der Waals surface area contributed by atoms with E-state index in [-0.39, 0.29) is 11.2 Å². The lowest BCUT2D eigenvalue weighted by atomic mass is 10.2. The third-order valence-corrected chi connectivity index (χ3v) is 5.45. The molecule has 0 saturated heterocycles. The molecule has 2 aromatic carbocycles. The number of hydrogen-bond donors (Lipinski definition) is 1. The van der Waals surface area contributed by atoms with Gasteiger partial charge >= 0.3 is 0 Å². The SMILES string of the molecule is Cc1ccc(-n2c(S[C@H](C)C(=O)NC3CC3)nc3ccccc32)cc1. The predicted molar refractivity (Wildman–Crippen MR) is 102 cm³/mol. The largest absolute Gasteiger partial charge is 0.352 e. The Balaban J connectivity index is 1.70. The fourth-order valence-corrected chi connectivity index (χ4v) is 3.74. The summed E-state index contributed by atoms with van der Waals surface area (Å²) in [5.41, 5.74) is 4.29. The first-order chi connectivity index (χ1) is 12.1. The summed E-state index contributed by atoms with van der Waals surface area (Å²) in [4.78, 5) is 17.1. The van der Waals surface area contributed by atoms with E-state index in [0.29, 0.717) is 6.04 Å². The van der Waals surface area contributed by atoms with Gasteiger partial charge in [0.05, 0.1) is 16.3 Å². The van der Waals surface area contributed by atoms with Crippen LogP contribution in [-0.4, -0.2) is 26.8 Å². The number of imidazole rings is 1. The molecule has 25 heavy (non-hydrogen) atoms. The average Bonchev–Trinajstić information content (AvgIpc) is 3.35. The van der Waals surface area contributed by atoms with Gasteiger partial charge in [-0.15, -0.1) is 0 Å². The maximum absolute atomic E-state index is 12.3. The van der Waals surface area contributed by atoms with Crippen molar-refractivity contribution < 1.29 is 4.79 Å². The molecule has 0 unspecified atom stereocenters. The number of nitrogens with zero attached hydrogens (tertiary/aromatic N) is 2. The third kappa shape index (κ3) is 3.42. The maximum atomic E-state index is 12.3. The third-order valence-electron chi connectivity index (χ3n) is 4.40. The second-order valence-corrected chi connectivity index (χ2v) is 7.90. The molecule has 4 nitrogen and oxygen atoms in total. The highest BCUT2D eigenvalue weighted by atomic mass is 32.2. The molecule has 3 aromatic rings. The van der Waals surface area contributed by atoms with Gasteiger partial charge < -0.3 is 5.32 Å². The van der Waals surface area contributed by atoms with Gasteiger partial charge in [-0.3, -0.25) is 9.36 Å². The molecule has 1 fully saturated rings. The fourth-order valence-electron chi connectivity index (χ4n) is 2.78. The molecule has 128 valence electrons. The molecule has 1 aliphatic carbocycles. The number of rotatable bonds is 5. The molecular formula is C20H21N3OS. The Bertz CT molecular complexity index is 912. The number of aromatic nitrogens is 2. The molecule has 1 aromatic heterocycles. The second-order valence-electron chi connectivity index (χ2n) is 6.60. The van der Waals surface area contributed by atoms with Crippen molar-refractivity contribution in [2.24, 2.45) is 0 Å². The lowest BCUT2D eigenvalue weighted by molar-refractivity contribution is -0.120. The van der Waals surface area contributed by atoms with E-state index >= 15 is 0 Å². The Morgan fingerprint density at radius 2 is 1.92 bits per heavy atom. The van der Waals surface area contributed by atoms with Crippen LogP contribution in [0.5, 0.6) is 0 Å². The minimum absolute atomic E-state index is 0.0926. The zero-order valence-electron chi connectivity index (χ0n) is 14.4. The topological polar surface area (TPSA) is 46.9 Å². The van der Waals surface area contributed by atoms with Crippen LogP contribution in [0.3, 0.4) is 0 Å². The van der Waals surface area contributed by atoms with Crippen LogP contribution in [0.25, 0.3) is 16.7 Å². The van der Waals surface area contributed by atoms with Gasteiger partial charge in [-0.05, 0) is 51.0 Å². The van der Waals surface area contributed by atoms with E-state index in [2.05, 4.69) is 47.1 Å². The second kappa shape index (κ2) is 6.56. The minimum atomic E-state index is -0.179. The Morgan fingerprint density at radius 3 is 2.64 bits per heavy atom. The highest BCUT2D eigenvalue weighted by Crippen LogP contribution is 2.31. The number of hydrogen-bond acceptors (Lipinski definition) is 3. The minimum Gasteiger partial charge on any atom is -0.352 e. The molecule has 0 radical (unpaired) electrons. The molecule has 1 N–H and O–H groups in total. The van der Waals surface area contributed by atoms with Crippen LogP contribution in [0, 0.1) is 6.92 Å². The van der Waals surface area contributed by atoms with Crippen molar-refractivity contribution in [1.29, 1.82) is 0 Å². The van der Waals surface area contributed by atoms with E-state index in [0.717, 1.165) is 34.7 Å². The number of thioether (sulfide) groups is 1. The average molecular weight is 351 g/mol. The highest BCUT2D eigenvalue weighted by Gasteiger charge is 2.27. The number of fused-ring (bicyclic) bond motifs is 1. The van der Waals surface area contributed by atoms with Gasteiger partial charge in [0.25, 0.3) is 0 Å². The summed E-state index contributed by atoms with van der Waals surface area (Å²) in [6.07, 6.45) is 2.20. The van der Waals surface area contributed by atoms with E-state index in [1.807, 2.05) is 25.1 Å². The van der Waals surface area contributed by atoms with E-state index < -0.39 is 0 Å². The number of amides is 1. The normalized spacial score (nSPS) is 15.3. The smallest absolute Gasteiger partial charge is 0.233 e. The Morgan fingerprint density at radius 1 is 1.20 bits per heavy atom. The summed E-state index contributed by atoms with van der Waals surface area (Å²) in [7, 11) is 0. The van der Waals surface area contributed by atoms with Crippen molar-refractivity contribution in [1.82, 2.24) is 14.9 Å². The van der Waals surface area contributed by atoms with Crippen molar-refractivity contribution in [2.45, 2.75) is 43.1 Å². The van der Waals surface area contributed by atoms with Gasteiger partial charge in [0.1, 0.15) is 0 Å². The van der Waals surface area contributed by atoms with Crippen molar-refractivity contribution in [2.75, 3.05) is 0 Å². The summed E-state index contributed by atoms with van der Waals surface area (Å²) in [6, 6.07) is 16.9. The molecule has 0 aliphatic heterocycles. The Hall–Kier alpha value is -2.27. The molecule has 1 aliphatic rings. The monoisotopic (exact) mass is 351 g/mol. The van der Waals surface area contributed by atoms with Crippen molar-refractivity contribution in [3.63, 3.8) is 0 Å². The number of nitrogens with one attached hydrogen (secondary N) is 1. The molecule has 1 heterocycles. The van der Waals surface area contributed by atoms with Crippen LogP contribution in [-0.2, 0) is 4.79 Å². The van der Waals surface area contributed by atoms with Gasteiger partial charge in [0.2, 0.25) is 5.91 Å². The number of carbonyl (C=O) groups excluding carboxylic acids is 1. The van der Waals surface area contributed by atoms with Crippen LogP contribution in [0.2, 0.25) is 0 Å². The first-order valence-corrected chi connectivity index (χ1v) is 9.51. The van der Waals surface area contributed by atoms with E-state index in [1.54, 1.807) is 0 Å². The number of carbonyl (C=O) groups is 1. The van der Waals surface area contributed by atoms with E-state index in [9.17, 15) is 4.79 Å². The van der Waals surface area contributed by atoms with Gasteiger partial charge in [-0.25, -0.2) is 4.98 Å². The van der Waals surface area contributed by atoms with Gasteiger partial charge in [-0.2, -0.15) is 0 Å². The van der Waals surface area contributed by atoms with Gasteiger partial charge in [-0.1, -0.05) is 41.6 Å². The quantitative estimate of drug-likeness (QED) is 0.704. The summed E-state index contributed by atoms with van der Waals surface area (Å²) >= 11 is 1.51. The predicted octanol–water partition coefficient (Wildman–Crippen LogP) is 4.09. The van der Waals surface area contributed by atoms with Crippen LogP contribution in [0.4, 0.5) is 0 Å². The Labute approximate surface area is 151 Å². The molecule has 0 spiro atoms. The zero-order chi connectivity index (χ0) is 17.4. The molecule has 1 saturated carbocycles. The van der Waals surface area contributed by atoms with Crippen LogP contribution >= 0.6 is 11.8 Å². The first-order valence-electron chi connectivity index (χ1n) is 8.63. The molecular weight excluding hydrogens is 330 g/mol. The van der Waals surface area contributed by atoms with Crippen LogP contribution in [0.15, 0.2) is 53.7 Å². The molecule has 1 atom stereocenters. The van der Waals surface area contributed by atoms with Crippen molar-refractivity contribution in [3.8, 4) is 5.69 Å². The zero-order valence-corrected chi connectivity index (χ0v) is 15.2. The lowest BCUT2D eigenvalue weighted by Crippen LogP contribution is -2.32. The highest BCUT2D eigenvalue weighted by molar-refractivity contribution is 8.00. The van der Waals surface area contributed by atoms with Crippen LogP contribution < -0.4 is 5.32 Å². The number of aryl methyl sites for hydroxylation is 1. The first kappa shape index (κ1) is 16.2.